The minimum absolute atomic E-state index is 0.268. The summed E-state index contributed by atoms with van der Waals surface area (Å²) in [7, 11) is 3.71. The molecule has 0 spiro atoms. The largest absolute Gasteiger partial charge is 0.369 e. The van der Waals surface area contributed by atoms with Crippen molar-refractivity contribution in [1.29, 1.82) is 0 Å². The van der Waals surface area contributed by atoms with Gasteiger partial charge in [-0.3, -0.25) is 0 Å². The van der Waals surface area contributed by atoms with Crippen molar-refractivity contribution in [1.82, 2.24) is 24.5 Å². The number of hydrogen-bond acceptors (Lipinski definition) is 4. The van der Waals surface area contributed by atoms with Gasteiger partial charge in [0.25, 0.3) is 11.7 Å². The zero-order valence-corrected chi connectivity index (χ0v) is 13.4. The maximum absolute atomic E-state index is 6.43. The first kappa shape index (κ1) is 14.7. The Morgan fingerprint density at radius 1 is 1.14 bits per heavy atom. The number of fused-ring (bicyclic) bond motifs is 1. The van der Waals surface area contributed by atoms with Gasteiger partial charge in [0.05, 0.1) is 11.9 Å². The van der Waals surface area contributed by atoms with Gasteiger partial charge in [-0.25, -0.2) is 4.99 Å². The fourth-order valence-corrected chi connectivity index (χ4v) is 2.53. The van der Waals surface area contributed by atoms with E-state index in [0.717, 1.165) is 5.56 Å². The Hall–Kier alpha value is -2.18. The lowest BCUT2D eigenvalue weighted by atomic mass is 10.1. The van der Waals surface area contributed by atoms with Crippen molar-refractivity contribution in [2.75, 3.05) is 14.1 Å². The molecule has 0 fully saturated rings. The van der Waals surface area contributed by atoms with Crippen molar-refractivity contribution in [2.24, 2.45) is 4.99 Å². The van der Waals surface area contributed by atoms with Crippen LogP contribution in [0.2, 0.25) is 10.3 Å². The molecule has 0 amide bonds. The van der Waals surface area contributed by atoms with Gasteiger partial charge >= 0.3 is 0 Å². The van der Waals surface area contributed by atoms with E-state index in [9.17, 15) is 0 Å². The van der Waals surface area contributed by atoms with Crippen LogP contribution in [0, 0.1) is 0 Å². The van der Waals surface area contributed by atoms with Gasteiger partial charge in [-0.05, 0) is 5.56 Å². The van der Waals surface area contributed by atoms with Gasteiger partial charge in [-0.15, -0.1) is 5.10 Å². The van der Waals surface area contributed by atoms with Gasteiger partial charge in [0, 0.05) is 14.1 Å². The fraction of sp³-hybridized carbons (Fsp3) is 0.143. The van der Waals surface area contributed by atoms with E-state index in [1.807, 2.05) is 44.4 Å². The minimum atomic E-state index is 0.268. The third-order valence-corrected chi connectivity index (χ3v) is 3.46. The van der Waals surface area contributed by atoms with Gasteiger partial charge in [0.2, 0.25) is 0 Å². The minimum Gasteiger partial charge on any atom is -0.369 e. The Morgan fingerprint density at radius 3 is 2.55 bits per heavy atom. The Morgan fingerprint density at radius 2 is 1.86 bits per heavy atom. The average Bonchev–Trinajstić information content (AvgIpc) is 2.89. The third-order valence-electron chi connectivity index (χ3n) is 2.84. The van der Waals surface area contributed by atoms with Gasteiger partial charge in [0.15, 0.2) is 0 Å². The molecule has 3 rings (SSSR count). The molecule has 6 nitrogen and oxygen atoms in total. The summed E-state index contributed by atoms with van der Waals surface area (Å²) < 4.78 is 1.43. The predicted molar refractivity (Wildman–Crippen MR) is 88.1 cm³/mol. The number of hydrogen-bond donors (Lipinski definition) is 0. The molecule has 0 aliphatic carbocycles. The van der Waals surface area contributed by atoms with Gasteiger partial charge in [-0.2, -0.15) is 14.5 Å². The van der Waals surface area contributed by atoms with Crippen LogP contribution in [0.4, 0.5) is 5.95 Å². The number of benzene rings is 1. The van der Waals surface area contributed by atoms with Crippen LogP contribution in [0.15, 0.2) is 35.3 Å². The lowest BCUT2D eigenvalue weighted by Crippen LogP contribution is -2.07. The zero-order chi connectivity index (χ0) is 15.7. The number of halogens is 2. The summed E-state index contributed by atoms with van der Waals surface area (Å²) in [4.78, 5) is 14.3. The molecular formula is C14H12Cl2N6. The molecule has 22 heavy (non-hydrogen) atoms. The molecule has 0 aliphatic heterocycles. The Balaban J connectivity index is 2.16. The molecule has 0 saturated heterocycles. The van der Waals surface area contributed by atoms with Gasteiger partial charge in [-0.1, -0.05) is 53.5 Å². The summed E-state index contributed by atoms with van der Waals surface area (Å²) in [5.74, 6) is 0.574. The summed E-state index contributed by atoms with van der Waals surface area (Å²) >= 11 is 12.7. The molecule has 0 saturated carbocycles. The van der Waals surface area contributed by atoms with E-state index in [1.54, 1.807) is 11.2 Å². The van der Waals surface area contributed by atoms with Crippen LogP contribution in [-0.2, 0) is 0 Å². The summed E-state index contributed by atoms with van der Waals surface area (Å²) in [6, 6.07) is 9.53. The molecule has 8 heteroatoms. The highest BCUT2D eigenvalue weighted by Gasteiger charge is 2.17. The van der Waals surface area contributed by atoms with E-state index >= 15 is 0 Å². The first-order valence-corrected chi connectivity index (χ1v) is 7.19. The number of aliphatic imine (C=N–C) groups is 1. The first-order valence-electron chi connectivity index (χ1n) is 6.44. The summed E-state index contributed by atoms with van der Waals surface area (Å²) in [5, 5.41) is 4.86. The molecule has 3 aromatic rings. The second-order valence-electron chi connectivity index (χ2n) is 4.77. The van der Waals surface area contributed by atoms with Crippen LogP contribution in [-0.4, -0.2) is 44.9 Å². The maximum atomic E-state index is 6.43. The standard InChI is InChI=1S/C14H12Cl2N6/c1-21(2)8-17-13-19-14-18-11(15)10(12(16)22(14)20-13)9-6-4-3-5-7-9/h3-8H,1-2H3. The Labute approximate surface area is 137 Å². The van der Waals surface area contributed by atoms with Crippen LogP contribution in [0.25, 0.3) is 16.9 Å². The van der Waals surface area contributed by atoms with Crippen LogP contribution in [0.1, 0.15) is 0 Å². The number of rotatable bonds is 3. The van der Waals surface area contributed by atoms with Crippen LogP contribution in [0.5, 0.6) is 0 Å². The van der Waals surface area contributed by atoms with Crippen molar-refractivity contribution in [2.45, 2.75) is 0 Å². The van der Waals surface area contributed by atoms with E-state index in [4.69, 9.17) is 23.2 Å². The van der Waals surface area contributed by atoms with Gasteiger partial charge < -0.3 is 4.90 Å². The van der Waals surface area contributed by atoms with Crippen molar-refractivity contribution in [3.63, 3.8) is 0 Å². The molecule has 0 aliphatic rings. The van der Waals surface area contributed by atoms with E-state index < -0.39 is 0 Å². The van der Waals surface area contributed by atoms with Crippen molar-refractivity contribution < 1.29 is 0 Å². The van der Waals surface area contributed by atoms with E-state index in [-0.39, 0.29) is 11.1 Å². The molecule has 2 heterocycles. The summed E-state index contributed by atoms with van der Waals surface area (Å²) in [6.45, 7) is 0. The smallest absolute Gasteiger partial charge is 0.272 e. The quantitative estimate of drug-likeness (QED) is 0.419. The molecule has 0 radical (unpaired) electrons. The summed E-state index contributed by atoms with van der Waals surface area (Å²) in [6.07, 6.45) is 1.60. The molecule has 0 bridgehead atoms. The third kappa shape index (κ3) is 2.75. The lowest BCUT2D eigenvalue weighted by molar-refractivity contribution is 0.642. The molecule has 0 atom stereocenters. The normalized spacial score (nSPS) is 11.5. The first-order chi connectivity index (χ1) is 10.6. The lowest BCUT2D eigenvalue weighted by Gasteiger charge is -2.07. The monoisotopic (exact) mass is 334 g/mol. The maximum Gasteiger partial charge on any atom is 0.272 e. The van der Waals surface area contributed by atoms with Crippen molar-refractivity contribution in [3.05, 3.63) is 40.6 Å². The number of nitrogens with zero attached hydrogens (tertiary/aromatic N) is 6. The molecule has 0 N–H and O–H groups in total. The highest BCUT2D eigenvalue weighted by molar-refractivity contribution is 6.38. The molecule has 1 aromatic carbocycles. The van der Waals surface area contributed by atoms with E-state index in [0.29, 0.717) is 16.5 Å². The van der Waals surface area contributed by atoms with E-state index in [2.05, 4.69) is 20.1 Å². The average molecular weight is 335 g/mol. The fourth-order valence-electron chi connectivity index (χ4n) is 1.90. The van der Waals surface area contributed by atoms with Crippen LogP contribution >= 0.6 is 23.2 Å². The Bertz CT molecular complexity index is 841. The molecule has 2 aromatic heterocycles. The molecule has 112 valence electrons. The second kappa shape index (κ2) is 5.90. The van der Waals surface area contributed by atoms with Crippen molar-refractivity contribution >= 4 is 41.3 Å². The molecular weight excluding hydrogens is 323 g/mol. The van der Waals surface area contributed by atoms with Crippen molar-refractivity contribution in [3.8, 4) is 11.1 Å². The van der Waals surface area contributed by atoms with Crippen LogP contribution < -0.4 is 0 Å². The van der Waals surface area contributed by atoms with E-state index in [1.165, 1.54) is 4.52 Å². The predicted octanol–water partition coefficient (Wildman–Crippen LogP) is 3.32. The number of aromatic nitrogens is 4. The topological polar surface area (TPSA) is 58.7 Å². The molecule has 0 unspecified atom stereocenters. The SMILES string of the molecule is CN(C)C=Nc1nc2nc(Cl)c(-c3ccccc3)c(Cl)n2n1. The van der Waals surface area contributed by atoms with Gasteiger partial charge in [0.1, 0.15) is 10.3 Å². The Kier molecular flexibility index (Phi) is 3.96. The summed E-state index contributed by atoms with van der Waals surface area (Å²) in [5.41, 5.74) is 1.48. The zero-order valence-electron chi connectivity index (χ0n) is 11.9. The highest BCUT2D eigenvalue weighted by atomic mass is 35.5. The highest BCUT2D eigenvalue weighted by Crippen LogP contribution is 2.33. The van der Waals surface area contributed by atoms with Crippen LogP contribution in [0.3, 0.4) is 0 Å². The second-order valence-corrected chi connectivity index (χ2v) is 5.48.